The number of hydrogen-bond acceptors (Lipinski definition) is 3. The first-order valence-electron chi connectivity index (χ1n) is 5.01. The predicted molar refractivity (Wildman–Crippen MR) is 58.8 cm³/mol. The van der Waals surface area contributed by atoms with Crippen LogP contribution >= 0.6 is 0 Å². The number of halogens is 1. The maximum Gasteiger partial charge on any atom is 0.258 e. The van der Waals surface area contributed by atoms with Crippen LogP contribution in [0.15, 0.2) is 18.2 Å². The van der Waals surface area contributed by atoms with Crippen molar-refractivity contribution in [3.05, 3.63) is 29.6 Å². The van der Waals surface area contributed by atoms with E-state index in [2.05, 4.69) is 0 Å². The van der Waals surface area contributed by atoms with Gasteiger partial charge in [-0.1, -0.05) is 0 Å². The summed E-state index contributed by atoms with van der Waals surface area (Å²) < 4.78 is 13.0. The summed E-state index contributed by atoms with van der Waals surface area (Å²) in [5.74, 6) is -2.28. The molecule has 0 spiro atoms. The van der Waals surface area contributed by atoms with Gasteiger partial charge in [-0.3, -0.25) is 9.59 Å². The molecular formula is C11H13FN2O3. The van der Waals surface area contributed by atoms with Crippen molar-refractivity contribution in [3.63, 3.8) is 0 Å². The summed E-state index contributed by atoms with van der Waals surface area (Å²) >= 11 is 0. The van der Waals surface area contributed by atoms with Crippen LogP contribution in [0.1, 0.15) is 17.3 Å². The molecule has 3 N–H and O–H groups in total. The van der Waals surface area contributed by atoms with E-state index in [1.54, 1.807) is 6.92 Å². The Morgan fingerprint density at radius 1 is 1.47 bits per heavy atom. The molecule has 0 atom stereocenters. The number of nitrogens with zero attached hydrogens (tertiary/aromatic N) is 1. The summed E-state index contributed by atoms with van der Waals surface area (Å²) in [6, 6.07) is 3.04. The van der Waals surface area contributed by atoms with Gasteiger partial charge in [0.15, 0.2) is 0 Å². The topological polar surface area (TPSA) is 83.6 Å². The number of carbonyl (C=O) groups excluding carboxylic acids is 2. The molecule has 17 heavy (non-hydrogen) atoms. The molecule has 5 nitrogen and oxygen atoms in total. The highest BCUT2D eigenvalue weighted by molar-refractivity contribution is 5.98. The minimum absolute atomic E-state index is 0.187. The number of benzene rings is 1. The van der Waals surface area contributed by atoms with Gasteiger partial charge in [0.05, 0.1) is 12.1 Å². The number of carbonyl (C=O) groups is 2. The second-order valence-electron chi connectivity index (χ2n) is 3.45. The van der Waals surface area contributed by atoms with Crippen LogP contribution in [0, 0.1) is 5.82 Å². The molecule has 1 aromatic rings. The third-order valence-electron chi connectivity index (χ3n) is 2.20. The van der Waals surface area contributed by atoms with Crippen LogP contribution in [0.2, 0.25) is 0 Å². The lowest BCUT2D eigenvalue weighted by molar-refractivity contribution is -0.118. The van der Waals surface area contributed by atoms with Crippen LogP contribution in [0.3, 0.4) is 0 Å². The first kappa shape index (κ1) is 13.0. The second kappa shape index (κ2) is 5.29. The largest absolute Gasteiger partial charge is 0.507 e. The Labute approximate surface area is 97.6 Å². The molecule has 2 amide bonds. The fraction of sp³-hybridized carbons (Fsp3) is 0.273. The smallest absolute Gasteiger partial charge is 0.258 e. The molecule has 0 aliphatic rings. The monoisotopic (exact) mass is 240 g/mol. The molecule has 0 fully saturated rings. The highest BCUT2D eigenvalue weighted by Crippen LogP contribution is 2.19. The van der Waals surface area contributed by atoms with Gasteiger partial charge in [0.25, 0.3) is 5.91 Å². The molecule has 92 valence electrons. The standard InChI is InChI=1S/C11H13FN2O3/c1-2-14(6-10(13)16)11(17)8-5-7(12)3-4-9(8)15/h3-5,15H,2,6H2,1H3,(H2,13,16). The first-order chi connectivity index (χ1) is 7.95. The Hall–Kier alpha value is -2.11. The second-order valence-corrected chi connectivity index (χ2v) is 3.45. The lowest BCUT2D eigenvalue weighted by Gasteiger charge is -2.19. The zero-order valence-corrected chi connectivity index (χ0v) is 9.31. The number of aromatic hydroxyl groups is 1. The van der Waals surface area contributed by atoms with Gasteiger partial charge in [-0.05, 0) is 25.1 Å². The zero-order chi connectivity index (χ0) is 13.0. The number of likely N-dealkylation sites (N-methyl/N-ethyl adjacent to an activating group) is 1. The van der Waals surface area contributed by atoms with Gasteiger partial charge >= 0.3 is 0 Å². The van der Waals surface area contributed by atoms with Gasteiger partial charge in [-0.2, -0.15) is 0 Å². The summed E-state index contributed by atoms with van der Waals surface area (Å²) in [6.45, 7) is 1.61. The number of amides is 2. The lowest BCUT2D eigenvalue weighted by Crippen LogP contribution is -2.38. The minimum atomic E-state index is -0.670. The summed E-state index contributed by atoms with van der Waals surface area (Å²) in [6.07, 6.45) is 0. The van der Waals surface area contributed by atoms with Gasteiger partial charge in [-0.25, -0.2) is 4.39 Å². The maximum atomic E-state index is 13.0. The molecule has 0 saturated carbocycles. The van der Waals surface area contributed by atoms with E-state index in [9.17, 15) is 19.1 Å². The molecule has 1 rings (SSSR count). The van der Waals surface area contributed by atoms with Crippen LogP contribution < -0.4 is 5.73 Å². The van der Waals surface area contributed by atoms with Crippen molar-refractivity contribution in [2.75, 3.05) is 13.1 Å². The third-order valence-corrected chi connectivity index (χ3v) is 2.20. The number of phenols is 1. The quantitative estimate of drug-likeness (QED) is 0.802. The molecule has 1 aromatic carbocycles. The van der Waals surface area contributed by atoms with Gasteiger partial charge in [0.1, 0.15) is 11.6 Å². The van der Waals surface area contributed by atoms with Crippen LogP contribution in [-0.4, -0.2) is 34.9 Å². The van der Waals surface area contributed by atoms with Crippen LogP contribution in [-0.2, 0) is 4.79 Å². The van der Waals surface area contributed by atoms with Gasteiger partial charge in [0.2, 0.25) is 5.91 Å². The SMILES string of the molecule is CCN(CC(N)=O)C(=O)c1cc(F)ccc1O. The molecule has 0 heterocycles. The minimum Gasteiger partial charge on any atom is -0.507 e. The van der Waals surface area contributed by atoms with Crippen LogP contribution in [0.25, 0.3) is 0 Å². The molecule has 0 aliphatic heterocycles. The summed E-state index contributed by atoms with van der Waals surface area (Å²) in [5, 5.41) is 9.45. The van der Waals surface area contributed by atoms with Crippen molar-refractivity contribution in [2.24, 2.45) is 5.73 Å². The van der Waals surface area contributed by atoms with E-state index >= 15 is 0 Å². The predicted octanol–water partition coefficient (Wildman–Crippen LogP) is 0.479. The number of nitrogens with two attached hydrogens (primary N) is 1. The van der Waals surface area contributed by atoms with E-state index in [1.807, 2.05) is 0 Å². The van der Waals surface area contributed by atoms with Gasteiger partial charge in [-0.15, -0.1) is 0 Å². The van der Waals surface area contributed by atoms with Crippen molar-refractivity contribution in [3.8, 4) is 5.75 Å². The Morgan fingerprint density at radius 2 is 2.12 bits per heavy atom. The summed E-state index contributed by atoms with van der Waals surface area (Å²) in [4.78, 5) is 23.7. The van der Waals surface area contributed by atoms with Crippen molar-refractivity contribution >= 4 is 11.8 Å². The van der Waals surface area contributed by atoms with Crippen molar-refractivity contribution in [1.29, 1.82) is 0 Å². The molecule has 0 saturated heterocycles. The average Bonchev–Trinajstić information content (AvgIpc) is 2.28. The summed E-state index contributed by atoms with van der Waals surface area (Å²) in [5.41, 5.74) is 4.80. The third kappa shape index (κ3) is 3.17. The maximum absolute atomic E-state index is 13.0. The normalized spacial score (nSPS) is 10.0. The number of primary amides is 1. The fourth-order valence-electron chi connectivity index (χ4n) is 1.37. The highest BCUT2D eigenvalue weighted by atomic mass is 19.1. The Bertz CT molecular complexity index is 448. The fourth-order valence-corrected chi connectivity index (χ4v) is 1.37. The molecule has 0 bridgehead atoms. The van der Waals surface area contributed by atoms with Crippen molar-refractivity contribution < 1.29 is 19.1 Å². The molecule has 0 aliphatic carbocycles. The lowest BCUT2D eigenvalue weighted by atomic mass is 10.1. The Balaban J connectivity index is 3.01. The number of phenolic OH excluding ortho intramolecular Hbond substituents is 1. The van der Waals surface area contributed by atoms with Crippen molar-refractivity contribution in [2.45, 2.75) is 6.92 Å². The first-order valence-corrected chi connectivity index (χ1v) is 5.01. The van der Waals surface area contributed by atoms with E-state index < -0.39 is 17.6 Å². The summed E-state index contributed by atoms with van der Waals surface area (Å²) in [7, 11) is 0. The van der Waals surface area contributed by atoms with E-state index in [1.165, 1.54) is 0 Å². The van der Waals surface area contributed by atoms with Gasteiger partial charge in [0, 0.05) is 6.54 Å². The highest BCUT2D eigenvalue weighted by Gasteiger charge is 2.19. The van der Waals surface area contributed by atoms with E-state index in [-0.39, 0.29) is 24.4 Å². The number of hydrogen-bond donors (Lipinski definition) is 2. The van der Waals surface area contributed by atoms with E-state index in [0.29, 0.717) is 0 Å². The van der Waals surface area contributed by atoms with Gasteiger partial charge < -0.3 is 15.7 Å². The van der Waals surface area contributed by atoms with Crippen LogP contribution in [0.5, 0.6) is 5.75 Å². The Kier molecular flexibility index (Phi) is 4.03. The average molecular weight is 240 g/mol. The van der Waals surface area contributed by atoms with E-state index in [4.69, 9.17) is 5.73 Å². The molecule has 6 heteroatoms. The van der Waals surface area contributed by atoms with E-state index in [0.717, 1.165) is 23.1 Å². The zero-order valence-electron chi connectivity index (χ0n) is 9.31. The van der Waals surface area contributed by atoms with Crippen molar-refractivity contribution in [1.82, 2.24) is 4.90 Å². The van der Waals surface area contributed by atoms with Crippen LogP contribution in [0.4, 0.5) is 4.39 Å². The molecule has 0 unspecified atom stereocenters. The number of rotatable bonds is 4. The molecule has 0 aromatic heterocycles. The molecular weight excluding hydrogens is 227 g/mol. The Morgan fingerprint density at radius 3 is 2.65 bits per heavy atom. The molecule has 0 radical (unpaired) electrons.